The van der Waals surface area contributed by atoms with E-state index in [0.29, 0.717) is 30.1 Å². The van der Waals surface area contributed by atoms with E-state index >= 15 is 0 Å². The van der Waals surface area contributed by atoms with Crippen LogP contribution in [0.5, 0.6) is 0 Å². The van der Waals surface area contributed by atoms with Gasteiger partial charge in [-0.05, 0) is 54.4 Å². The summed E-state index contributed by atoms with van der Waals surface area (Å²) in [5.74, 6) is 0.719. The van der Waals surface area contributed by atoms with Gasteiger partial charge in [-0.15, -0.1) is 0 Å². The molecule has 0 heterocycles. The molecule has 0 saturated heterocycles. The summed E-state index contributed by atoms with van der Waals surface area (Å²) >= 11 is 3.39. The fraction of sp³-hybridized carbons (Fsp3) is 0.588. The monoisotopic (exact) mass is 340 g/mol. The highest BCUT2D eigenvalue weighted by atomic mass is 79.9. The van der Waals surface area contributed by atoms with Gasteiger partial charge in [0.2, 0.25) is 0 Å². The first-order valence-electron chi connectivity index (χ1n) is 7.26. The summed E-state index contributed by atoms with van der Waals surface area (Å²) in [6.45, 7) is 6.31. The number of carbonyl (C=O) groups is 1. The molecule has 1 saturated carbocycles. The predicted octanol–water partition coefficient (Wildman–Crippen LogP) is 5.16. The highest BCUT2D eigenvalue weighted by Crippen LogP contribution is 2.40. The van der Waals surface area contributed by atoms with Crippen LogP contribution in [0.25, 0.3) is 0 Å². The summed E-state index contributed by atoms with van der Waals surface area (Å²) < 4.78 is 14.8. The van der Waals surface area contributed by atoms with Crippen molar-refractivity contribution >= 4 is 21.7 Å². The van der Waals surface area contributed by atoms with Crippen molar-refractivity contribution in [2.45, 2.75) is 46.5 Å². The van der Waals surface area contributed by atoms with Crippen LogP contribution in [-0.4, -0.2) is 5.78 Å². The largest absolute Gasteiger partial charge is 0.299 e. The van der Waals surface area contributed by atoms with Crippen molar-refractivity contribution < 1.29 is 9.18 Å². The fourth-order valence-corrected chi connectivity index (χ4v) is 3.73. The summed E-state index contributed by atoms with van der Waals surface area (Å²) in [6, 6.07) is 5.02. The van der Waals surface area contributed by atoms with E-state index in [0.717, 1.165) is 17.3 Å². The Bertz CT molecular complexity index is 510. The van der Waals surface area contributed by atoms with Crippen LogP contribution in [0.2, 0.25) is 0 Å². The minimum Gasteiger partial charge on any atom is -0.299 e. The fourth-order valence-electron chi connectivity index (χ4n) is 3.32. The second-order valence-electron chi connectivity index (χ2n) is 6.81. The second kappa shape index (κ2) is 5.97. The lowest BCUT2D eigenvalue weighted by atomic mass is 9.66. The molecule has 0 aliphatic heterocycles. The van der Waals surface area contributed by atoms with Crippen molar-refractivity contribution in [2.24, 2.45) is 17.3 Å². The van der Waals surface area contributed by atoms with Gasteiger partial charge in [-0.3, -0.25) is 4.79 Å². The molecular formula is C17H22BrFO. The maximum atomic E-state index is 13.9. The lowest BCUT2D eigenvalue weighted by Gasteiger charge is -2.37. The topological polar surface area (TPSA) is 17.1 Å². The molecule has 1 aromatic rings. The number of rotatable bonds is 3. The molecule has 3 heteroatoms. The average Bonchev–Trinajstić information content (AvgIpc) is 2.33. The van der Waals surface area contributed by atoms with Crippen LogP contribution in [0.3, 0.4) is 0 Å². The molecule has 2 rings (SSSR count). The number of ketones is 1. The summed E-state index contributed by atoms with van der Waals surface area (Å²) in [4.78, 5) is 12.3. The smallest absolute Gasteiger partial charge is 0.136 e. The molecule has 1 fully saturated rings. The molecule has 0 aromatic heterocycles. The number of carbonyl (C=O) groups excluding carboxylic acids is 1. The number of halogens is 2. The third-order valence-corrected chi connectivity index (χ3v) is 4.98. The molecule has 110 valence electrons. The SMILES string of the molecule is CC1CCC(C(C)(C)Cc2cc(Br)ccc2F)C(=O)C1. The van der Waals surface area contributed by atoms with Gasteiger partial charge < -0.3 is 0 Å². The molecule has 1 aliphatic carbocycles. The molecule has 0 radical (unpaired) electrons. The van der Waals surface area contributed by atoms with E-state index in [1.807, 2.05) is 6.07 Å². The van der Waals surface area contributed by atoms with E-state index < -0.39 is 0 Å². The third kappa shape index (κ3) is 3.49. The van der Waals surface area contributed by atoms with Gasteiger partial charge in [-0.2, -0.15) is 0 Å². The molecule has 1 aliphatic rings. The van der Waals surface area contributed by atoms with E-state index in [2.05, 4.69) is 36.7 Å². The number of hydrogen-bond donors (Lipinski definition) is 0. The Morgan fingerprint density at radius 3 is 2.70 bits per heavy atom. The molecule has 2 atom stereocenters. The zero-order valence-electron chi connectivity index (χ0n) is 12.4. The van der Waals surface area contributed by atoms with Crippen molar-refractivity contribution in [1.82, 2.24) is 0 Å². The first-order valence-corrected chi connectivity index (χ1v) is 8.05. The number of hydrogen-bond acceptors (Lipinski definition) is 1. The second-order valence-corrected chi connectivity index (χ2v) is 7.72. The maximum Gasteiger partial charge on any atom is 0.136 e. The first-order chi connectivity index (χ1) is 9.29. The average molecular weight is 341 g/mol. The van der Waals surface area contributed by atoms with Gasteiger partial charge in [0.1, 0.15) is 11.6 Å². The van der Waals surface area contributed by atoms with Gasteiger partial charge >= 0.3 is 0 Å². The molecule has 0 bridgehead atoms. The van der Waals surface area contributed by atoms with E-state index in [1.54, 1.807) is 6.07 Å². The summed E-state index contributed by atoms with van der Waals surface area (Å²) in [5.41, 5.74) is 0.495. The molecule has 1 nitrogen and oxygen atoms in total. The van der Waals surface area contributed by atoms with E-state index in [9.17, 15) is 9.18 Å². The summed E-state index contributed by atoms with van der Waals surface area (Å²) in [7, 11) is 0. The molecule has 2 unspecified atom stereocenters. The first kappa shape index (κ1) is 15.7. The zero-order chi connectivity index (χ0) is 14.9. The van der Waals surface area contributed by atoms with Crippen LogP contribution in [0.15, 0.2) is 22.7 Å². The van der Waals surface area contributed by atoms with E-state index in [1.165, 1.54) is 6.07 Å². The highest BCUT2D eigenvalue weighted by molar-refractivity contribution is 9.10. The predicted molar refractivity (Wildman–Crippen MR) is 83.1 cm³/mol. The summed E-state index contributed by atoms with van der Waals surface area (Å²) in [5, 5.41) is 0. The lowest BCUT2D eigenvalue weighted by molar-refractivity contribution is -0.129. The van der Waals surface area contributed by atoms with Crippen molar-refractivity contribution in [3.63, 3.8) is 0 Å². The Morgan fingerprint density at radius 2 is 2.05 bits per heavy atom. The Labute approximate surface area is 129 Å². The highest BCUT2D eigenvalue weighted by Gasteiger charge is 2.38. The standard InChI is InChI=1S/C17H22BrFO/c1-11-4-6-14(16(20)8-11)17(2,3)10-12-9-13(18)5-7-15(12)19/h5,7,9,11,14H,4,6,8,10H2,1-3H3. The molecular weight excluding hydrogens is 319 g/mol. The van der Waals surface area contributed by atoms with Crippen molar-refractivity contribution in [1.29, 1.82) is 0 Å². The Hall–Kier alpha value is -0.700. The molecule has 1 aromatic carbocycles. The minimum absolute atomic E-state index is 0.0529. The Balaban J connectivity index is 2.18. The molecule has 0 amide bonds. The van der Waals surface area contributed by atoms with Gasteiger partial charge in [-0.25, -0.2) is 4.39 Å². The zero-order valence-corrected chi connectivity index (χ0v) is 14.0. The van der Waals surface area contributed by atoms with Gasteiger partial charge in [-0.1, -0.05) is 36.7 Å². The van der Waals surface area contributed by atoms with Crippen molar-refractivity contribution in [3.05, 3.63) is 34.1 Å². The third-order valence-electron chi connectivity index (χ3n) is 4.48. The van der Waals surface area contributed by atoms with Crippen LogP contribution < -0.4 is 0 Å². The molecule has 0 N–H and O–H groups in total. The minimum atomic E-state index is -0.196. The number of benzene rings is 1. The van der Waals surface area contributed by atoms with Crippen LogP contribution >= 0.6 is 15.9 Å². The van der Waals surface area contributed by atoms with Crippen molar-refractivity contribution in [2.75, 3.05) is 0 Å². The number of Topliss-reactive ketones (excluding diaryl/α,β-unsaturated/α-hetero) is 1. The molecule has 20 heavy (non-hydrogen) atoms. The van der Waals surface area contributed by atoms with Crippen LogP contribution in [0.4, 0.5) is 4.39 Å². The van der Waals surface area contributed by atoms with Gasteiger partial charge in [0.15, 0.2) is 0 Å². The van der Waals surface area contributed by atoms with Crippen molar-refractivity contribution in [3.8, 4) is 0 Å². The quantitative estimate of drug-likeness (QED) is 0.742. The normalized spacial score (nSPS) is 23.9. The lowest BCUT2D eigenvalue weighted by Crippen LogP contribution is -2.37. The van der Waals surface area contributed by atoms with E-state index in [4.69, 9.17) is 0 Å². The summed E-state index contributed by atoms with van der Waals surface area (Å²) in [6.07, 6.45) is 3.31. The Morgan fingerprint density at radius 1 is 1.35 bits per heavy atom. The van der Waals surface area contributed by atoms with E-state index in [-0.39, 0.29) is 17.2 Å². The van der Waals surface area contributed by atoms with Gasteiger partial charge in [0, 0.05) is 16.8 Å². The maximum absolute atomic E-state index is 13.9. The van der Waals surface area contributed by atoms with Crippen LogP contribution in [-0.2, 0) is 11.2 Å². The van der Waals surface area contributed by atoms with Gasteiger partial charge in [0.05, 0.1) is 0 Å². The van der Waals surface area contributed by atoms with Crippen LogP contribution in [0, 0.1) is 23.1 Å². The van der Waals surface area contributed by atoms with Gasteiger partial charge in [0.25, 0.3) is 0 Å². The van der Waals surface area contributed by atoms with Crippen LogP contribution in [0.1, 0.15) is 45.6 Å². The molecule has 0 spiro atoms. The Kier molecular flexibility index (Phi) is 4.68.